The molecule has 3 aromatic carbocycles. The average molecular weight is 481 g/mol. The molecule has 0 unspecified atom stereocenters. The molecule has 4 heteroatoms. The zero-order chi connectivity index (χ0) is 24.9. The summed E-state index contributed by atoms with van der Waals surface area (Å²) in [6.07, 6.45) is 10.2. The van der Waals surface area contributed by atoms with Gasteiger partial charge < -0.3 is 14.0 Å². The van der Waals surface area contributed by atoms with Gasteiger partial charge in [-0.2, -0.15) is 0 Å². The standard InChI is InChI=1S/C32H36N2O2/c1-23(2)21-24-15-17-25(18-16-24)22-34-29-13-7-6-12-28(29)33-31(34)20-19-26-9-8-14-30(35-3)32(26)36-27-10-4-5-11-27/h6-9,12-20,23,27H,4-5,10-11,21-22H2,1-3H3/b20-19+. The number of benzene rings is 3. The largest absolute Gasteiger partial charge is 0.493 e. The molecule has 0 atom stereocenters. The Bertz CT molecular complexity index is 1330. The van der Waals surface area contributed by atoms with Crippen molar-refractivity contribution in [3.05, 3.63) is 89.2 Å². The number of ether oxygens (including phenoxy) is 2. The first-order valence-corrected chi connectivity index (χ1v) is 13.2. The number of para-hydroxylation sites is 3. The van der Waals surface area contributed by atoms with Crippen molar-refractivity contribution in [1.29, 1.82) is 0 Å². The highest BCUT2D eigenvalue weighted by molar-refractivity contribution is 5.81. The molecule has 0 saturated heterocycles. The second kappa shape index (κ2) is 11.0. The third-order valence-electron chi connectivity index (χ3n) is 6.92. The first-order valence-electron chi connectivity index (χ1n) is 13.2. The van der Waals surface area contributed by atoms with Gasteiger partial charge in [-0.25, -0.2) is 4.98 Å². The smallest absolute Gasteiger partial charge is 0.168 e. The molecule has 0 spiro atoms. The predicted octanol–water partition coefficient (Wildman–Crippen LogP) is 7.78. The Labute approximate surface area is 214 Å². The van der Waals surface area contributed by atoms with Gasteiger partial charge in [0, 0.05) is 12.1 Å². The van der Waals surface area contributed by atoms with Crippen molar-refractivity contribution < 1.29 is 9.47 Å². The van der Waals surface area contributed by atoms with Gasteiger partial charge in [-0.05, 0) is 79.5 Å². The van der Waals surface area contributed by atoms with Crippen LogP contribution in [0.25, 0.3) is 23.2 Å². The molecule has 1 aliphatic rings. The summed E-state index contributed by atoms with van der Waals surface area (Å²) in [6.45, 7) is 5.29. The summed E-state index contributed by atoms with van der Waals surface area (Å²) in [4.78, 5) is 4.96. The molecule has 1 fully saturated rings. The van der Waals surface area contributed by atoms with Crippen LogP contribution in [-0.4, -0.2) is 22.8 Å². The molecule has 4 aromatic rings. The lowest BCUT2D eigenvalue weighted by Gasteiger charge is -2.18. The van der Waals surface area contributed by atoms with E-state index in [1.165, 1.54) is 24.0 Å². The van der Waals surface area contributed by atoms with Crippen LogP contribution in [0, 0.1) is 5.92 Å². The number of imidazole rings is 1. The fraction of sp³-hybridized carbons (Fsp3) is 0.344. The Hall–Kier alpha value is -3.53. The van der Waals surface area contributed by atoms with Gasteiger partial charge in [-0.3, -0.25) is 0 Å². The first-order chi connectivity index (χ1) is 17.6. The maximum atomic E-state index is 6.44. The lowest BCUT2D eigenvalue weighted by molar-refractivity contribution is 0.200. The van der Waals surface area contributed by atoms with E-state index in [9.17, 15) is 0 Å². The van der Waals surface area contributed by atoms with Gasteiger partial charge >= 0.3 is 0 Å². The van der Waals surface area contributed by atoms with Crippen molar-refractivity contribution >= 4 is 23.2 Å². The normalized spacial score (nSPS) is 14.3. The first kappa shape index (κ1) is 24.2. The SMILES string of the molecule is COc1cccc(/C=C/c2nc3ccccc3n2Cc2ccc(CC(C)C)cc2)c1OC1CCCC1. The Morgan fingerprint density at radius 3 is 2.42 bits per heavy atom. The maximum Gasteiger partial charge on any atom is 0.168 e. The van der Waals surface area contributed by atoms with E-state index in [0.29, 0.717) is 5.92 Å². The maximum absolute atomic E-state index is 6.44. The topological polar surface area (TPSA) is 36.3 Å². The van der Waals surface area contributed by atoms with Crippen LogP contribution < -0.4 is 9.47 Å². The van der Waals surface area contributed by atoms with E-state index in [4.69, 9.17) is 14.5 Å². The monoisotopic (exact) mass is 480 g/mol. The highest BCUT2D eigenvalue weighted by Gasteiger charge is 2.20. The van der Waals surface area contributed by atoms with Crippen LogP contribution >= 0.6 is 0 Å². The molecule has 0 radical (unpaired) electrons. The summed E-state index contributed by atoms with van der Waals surface area (Å²) in [5.41, 5.74) is 5.81. The van der Waals surface area contributed by atoms with Crippen molar-refractivity contribution in [1.82, 2.24) is 9.55 Å². The summed E-state index contributed by atoms with van der Waals surface area (Å²) in [5, 5.41) is 0. The molecule has 5 rings (SSSR count). The lowest BCUT2D eigenvalue weighted by atomic mass is 10.0. The van der Waals surface area contributed by atoms with E-state index >= 15 is 0 Å². The van der Waals surface area contributed by atoms with Crippen LogP contribution in [0.1, 0.15) is 62.0 Å². The van der Waals surface area contributed by atoms with E-state index in [1.807, 2.05) is 18.2 Å². The molecule has 1 aromatic heterocycles. The summed E-state index contributed by atoms with van der Waals surface area (Å²) in [6, 6.07) is 23.4. The van der Waals surface area contributed by atoms with Crippen LogP contribution in [0.3, 0.4) is 0 Å². The van der Waals surface area contributed by atoms with Crippen molar-refractivity contribution in [3.63, 3.8) is 0 Å². The highest BCUT2D eigenvalue weighted by atomic mass is 16.5. The number of hydrogen-bond donors (Lipinski definition) is 0. The zero-order valence-electron chi connectivity index (χ0n) is 21.6. The molecular formula is C32H36N2O2. The van der Waals surface area contributed by atoms with Gasteiger partial charge in [-0.15, -0.1) is 0 Å². The molecule has 1 aliphatic carbocycles. The zero-order valence-corrected chi connectivity index (χ0v) is 21.6. The molecule has 0 N–H and O–H groups in total. The van der Waals surface area contributed by atoms with Crippen molar-refractivity contribution in [2.24, 2.45) is 5.92 Å². The van der Waals surface area contributed by atoms with Crippen molar-refractivity contribution in [2.75, 3.05) is 7.11 Å². The molecule has 0 bridgehead atoms. The third kappa shape index (κ3) is 5.48. The summed E-state index contributed by atoms with van der Waals surface area (Å²) < 4.78 is 14.4. The Balaban J connectivity index is 1.47. The second-order valence-corrected chi connectivity index (χ2v) is 10.2. The number of rotatable bonds is 9. The van der Waals surface area contributed by atoms with E-state index in [1.54, 1.807) is 7.11 Å². The fourth-order valence-corrected chi connectivity index (χ4v) is 5.11. The van der Waals surface area contributed by atoms with E-state index in [-0.39, 0.29) is 6.10 Å². The quantitative estimate of drug-likeness (QED) is 0.245. The van der Waals surface area contributed by atoms with Gasteiger partial charge in [0.05, 0.1) is 24.2 Å². The van der Waals surface area contributed by atoms with Gasteiger partial charge in [0.1, 0.15) is 5.82 Å². The molecule has 186 valence electrons. The Morgan fingerprint density at radius 2 is 1.67 bits per heavy atom. The number of aromatic nitrogens is 2. The highest BCUT2D eigenvalue weighted by Crippen LogP contribution is 2.36. The second-order valence-electron chi connectivity index (χ2n) is 10.2. The van der Waals surface area contributed by atoms with Crippen molar-refractivity contribution in [3.8, 4) is 11.5 Å². The lowest BCUT2D eigenvalue weighted by Crippen LogP contribution is -2.12. The van der Waals surface area contributed by atoms with Gasteiger partial charge in [0.25, 0.3) is 0 Å². The van der Waals surface area contributed by atoms with Gasteiger partial charge in [0.2, 0.25) is 0 Å². The van der Waals surface area contributed by atoms with Gasteiger partial charge in [-0.1, -0.05) is 62.4 Å². The Kier molecular flexibility index (Phi) is 7.41. The summed E-state index contributed by atoms with van der Waals surface area (Å²) in [5.74, 6) is 3.19. The molecule has 1 heterocycles. The Morgan fingerprint density at radius 1 is 0.917 bits per heavy atom. The van der Waals surface area contributed by atoms with Gasteiger partial charge in [0.15, 0.2) is 11.5 Å². The molecule has 0 aliphatic heterocycles. The number of hydrogen-bond acceptors (Lipinski definition) is 3. The van der Waals surface area contributed by atoms with Crippen LogP contribution in [-0.2, 0) is 13.0 Å². The summed E-state index contributed by atoms with van der Waals surface area (Å²) >= 11 is 0. The molecule has 0 amide bonds. The average Bonchev–Trinajstić information content (AvgIpc) is 3.52. The minimum Gasteiger partial charge on any atom is -0.493 e. The van der Waals surface area contributed by atoms with Crippen LogP contribution in [0.5, 0.6) is 11.5 Å². The minimum absolute atomic E-state index is 0.261. The predicted molar refractivity (Wildman–Crippen MR) is 149 cm³/mol. The number of fused-ring (bicyclic) bond motifs is 1. The number of nitrogens with zero attached hydrogens (tertiary/aromatic N) is 2. The molecule has 1 saturated carbocycles. The van der Waals surface area contributed by atoms with Crippen molar-refractivity contribution in [2.45, 2.75) is 58.6 Å². The van der Waals surface area contributed by atoms with Crippen LogP contribution in [0.2, 0.25) is 0 Å². The molecule has 4 nitrogen and oxygen atoms in total. The van der Waals surface area contributed by atoms with E-state index in [2.05, 4.69) is 79.1 Å². The third-order valence-corrected chi connectivity index (χ3v) is 6.92. The van der Waals surface area contributed by atoms with E-state index < -0.39 is 0 Å². The number of methoxy groups -OCH3 is 1. The van der Waals surface area contributed by atoms with E-state index in [0.717, 1.165) is 59.7 Å². The summed E-state index contributed by atoms with van der Waals surface area (Å²) in [7, 11) is 1.70. The van der Waals surface area contributed by atoms with Crippen LogP contribution in [0.15, 0.2) is 66.7 Å². The fourth-order valence-electron chi connectivity index (χ4n) is 5.11. The minimum atomic E-state index is 0.261. The molecule has 36 heavy (non-hydrogen) atoms. The van der Waals surface area contributed by atoms with Crippen LogP contribution in [0.4, 0.5) is 0 Å². The molecular weight excluding hydrogens is 444 g/mol.